The number of anilines is 1. The maximum Gasteiger partial charge on any atom is 0.414 e. The van der Waals surface area contributed by atoms with Gasteiger partial charge in [0.15, 0.2) is 5.75 Å². The van der Waals surface area contributed by atoms with Gasteiger partial charge in [-0.05, 0) is 17.7 Å². The average molecular weight is 304 g/mol. The van der Waals surface area contributed by atoms with Crippen LogP contribution in [-0.2, 0) is 11.3 Å². The summed E-state index contributed by atoms with van der Waals surface area (Å²) >= 11 is 6.08. The summed E-state index contributed by atoms with van der Waals surface area (Å²) in [7, 11) is 0. The highest BCUT2D eigenvalue weighted by molar-refractivity contribution is 6.32. The number of ether oxygens (including phenoxy) is 2. The number of carbonyl (C=O) groups excluding carboxylic acids is 1. The molecular formula is C16H14ClNO3. The Bertz CT molecular complexity index is 645. The van der Waals surface area contributed by atoms with Crippen LogP contribution < -0.4 is 9.64 Å². The molecule has 2 aromatic rings. The van der Waals surface area contributed by atoms with Gasteiger partial charge in [-0.2, -0.15) is 0 Å². The van der Waals surface area contributed by atoms with Crippen molar-refractivity contribution in [2.45, 2.75) is 6.61 Å². The molecule has 0 unspecified atom stereocenters. The minimum atomic E-state index is -0.398. The van der Waals surface area contributed by atoms with E-state index in [2.05, 4.69) is 0 Å². The summed E-state index contributed by atoms with van der Waals surface area (Å²) in [6, 6.07) is 14.9. The molecule has 1 heterocycles. The van der Waals surface area contributed by atoms with E-state index in [1.54, 1.807) is 23.1 Å². The van der Waals surface area contributed by atoms with Gasteiger partial charge in [-0.1, -0.05) is 48.0 Å². The SMILES string of the molecule is O=C(OCc1ccccc1)N1CCOc2c(Cl)cccc21. The molecule has 0 aliphatic carbocycles. The van der Waals surface area contributed by atoms with E-state index in [-0.39, 0.29) is 6.61 Å². The van der Waals surface area contributed by atoms with Crippen molar-refractivity contribution in [3.05, 3.63) is 59.1 Å². The van der Waals surface area contributed by atoms with Crippen LogP contribution in [-0.4, -0.2) is 19.2 Å². The molecule has 0 saturated carbocycles. The minimum absolute atomic E-state index is 0.243. The standard InChI is InChI=1S/C16H14ClNO3/c17-13-7-4-8-14-15(13)20-10-9-18(14)16(19)21-11-12-5-2-1-3-6-12/h1-8H,9-11H2. The zero-order valence-corrected chi connectivity index (χ0v) is 12.0. The third kappa shape index (κ3) is 2.95. The molecule has 0 saturated heterocycles. The van der Waals surface area contributed by atoms with Gasteiger partial charge >= 0.3 is 6.09 Å². The summed E-state index contributed by atoms with van der Waals surface area (Å²) in [6.45, 7) is 1.09. The molecule has 1 amide bonds. The Morgan fingerprint density at radius 1 is 1.19 bits per heavy atom. The zero-order chi connectivity index (χ0) is 14.7. The molecule has 2 aromatic carbocycles. The van der Waals surface area contributed by atoms with E-state index in [0.29, 0.717) is 29.6 Å². The number of fused-ring (bicyclic) bond motifs is 1. The first-order valence-corrected chi connectivity index (χ1v) is 7.03. The molecule has 108 valence electrons. The van der Waals surface area contributed by atoms with Crippen LogP contribution in [0.2, 0.25) is 5.02 Å². The second-order valence-corrected chi connectivity index (χ2v) is 5.04. The fourth-order valence-corrected chi connectivity index (χ4v) is 2.42. The van der Waals surface area contributed by atoms with Crippen molar-refractivity contribution in [1.29, 1.82) is 0 Å². The Kier molecular flexibility index (Phi) is 3.97. The fourth-order valence-electron chi connectivity index (χ4n) is 2.20. The Morgan fingerprint density at radius 3 is 2.81 bits per heavy atom. The second-order valence-electron chi connectivity index (χ2n) is 4.63. The van der Waals surface area contributed by atoms with Crippen LogP contribution in [0.15, 0.2) is 48.5 Å². The summed E-state index contributed by atoms with van der Waals surface area (Å²) in [6.07, 6.45) is -0.398. The van der Waals surface area contributed by atoms with Gasteiger partial charge in [0.2, 0.25) is 0 Å². The van der Waals surface area contributed by atoms with Gasteiger partial charge < -0.3 is 9.47 Å². The lowest BCUT2D eigenvalue weighted by molar-refractivity contribution is 0.144. The van der Waals surface area contributed by atoms with Crippen molar-refractivity contribution in [3.63, 3.8) is 0 Å². The average Bonchev–Trinajstić information content (AvgIpc) is 2.53. The fraction of sp³-hybridized carbons (Fsp3) is 0.188. The van der Waals surface area contributed by atoms with Crippen LogP contribution in [0.25, 0.3) is 0 Å². The summed E-state index contributed by atoms with van der Waals surface area (Å²) in [5.41, 5.74) is 1.59. The van der Waals surface area contributed by atoms with Gasteiger partial charge in [0.1, 0.15) is 13.2 Å². The van der Waals surface area contributed by atoms with Gasteiger partial charge in [-0.25, -0.2) is 4.79 Å². The van der Waals surface area contributed by atoms with E-state index < -0.39 is 6.09 Å². The molecule has 0 aromatic heterocycles. The maximum atomic E-state index is 12.3. The van der Waals surface area contributed by atoms with Crippen molar-refractivity contribution < 1.29 is 14.3 Å². The number of carbonyl (C=O) groups is 1. The first kappa shape index (κ1) is 13.8. The third-order valence-electron chi connectivity index (χ3n) is 3.22. The van der Waals surface area contributed by atoms with Gasteiger partial charge in [0, 0.05) is 0 Å². The van der Waals surface area contributed by atoms with Gasteiger partial charge in [0.05, 0.1) is 17.3 Å². The molecule has 4 nitrogen and oxygen atoms in total. The van der Waals surface area contributed by atoms with E-state index in [0.717, 1.165) is 5.56 Å². The van der Waals surface area contributed by atoms with Crippen molar-refractivity contribution in [2.24, 2.45) is 0 Å². The van der Waals surface area contributed by atoms with Crippen LogP contribution >= 0.6 is 11.6 Å². The molecule has 0 atom stereocenters. The summed E-state index contributed by atoms with van der Waals surface area (Å²) < 4.78 is 10.9. The number of para-hydroxylation sites is 1. The molecule has 0 radical (unpaired) electrons. The van der Waals surface area contributed by atoms with Gasteiger partial charge in [-0.15, -0.1) is 0 Å². The van der Waals surface area contributed by atoms with Crippen LogP contribution in [0.1, 0.15) is 5.56 Å². The topological polar surface area (TPSA) is 38.8 Å². The van der Waals surface area contributed by atoms with Crippen molar-refractivity contribution >= 4 is 23.4 Å². The van der Waals surface area contributed by atoms with Crippen LogP contribution in [0.4, 0.5) is 10.5 Å². The third-order valence-corrected chi connectivity index (χ3v) is 3.52. The van der Waals surface area contributed by atoms with Crippen LogP contribution in [0.3, 0.4) is 0 Å². The number of rotatable bonds is 2. The highest BCUT2D eigenvalue weighted by Gasteiger charge is 2.26. The Morgan fingerprint density at radius 2 is 2.00 bits per heavy atom. The molecule has 1 aliphatic heterocycles. The van der Waals surface area contributed by atoms with E-state index in [9.17, 15) is 4.79 Å². The first-order valence-electron chi connectivity index (χ1n) is 6.65. The highest BCUT2D eigenvalue weighted by Crippen LogP contribution is 2.38. The van der Waals surface area contributed by atoms with Crippen LogP contribution in [0, 0.1) is 0 Å². The highest BCUT2D eigenvalue weighted by atomic mass is 35.5. The van der Waals surface area contributed by atoms with Crippen molar-refractivity contribution in [1.82, 2.24) is 0 Å². The lowest BCUT2D eigenvalue weighted by Crippen LogP contribution is -2.38. The number of nitrogens with zero attached hydrogens (tertiary/aromatic N) is 1. The Labute approximate surface area is 127 Å². The maximum absolute atomic E-state index is 12.3. The van der Waals surface area contributed by atoms with Crippen LogP contribution in [0.5, 0.6) is 5.75 Å². The Balaban J connectivity index is 1.73. The molecule has 0 bridgehead atoms. The van der Waals surface area contributed by atoms with Crippen molar-refractivity contribution in [2.75, 3.05) is 18.1 Å². The smallest absolute Gasteiger partial charge is 0.414 e. The van der Waals surface area contributed by atoms with E-state index in [1.165, 1.54) is 0 Å². The van der Waals surface area contributed by atoms with E-state index in [4.69, 9.17) is 21.1 Å². The van der Waals surface area contributed by atoms with E-state index >= 15 is 0 Å². The molecule has 0 spiro atoms. The molecule has 0 fully saturated rings. The molecule has 1 aliphatic rings. The van der Waals surface area contributed by atoms with Gasteiger partial charge in [-0.3, -0.25) is 4.90 Å². The number of halogens is 1. The zero-order valence-electron chi connectivity index (χ0n) is 11.3. The summed E-state index contributed by atoms with van der Waals surface area (Å²) in [4.78, 5) is 13.8. The lowest BCUT2D eigenvalue weighted by Gasteiger charge is -2.29. The second kappa shape index (κ2) is 6.06. The summed E-state index contributed by atoms with van der Waals surface area (Å²) in [5, 5.41) is 0.494. The molecule has 0 N–H and O–H groups in total. The Hall–Kier alpha value is -2.20. The molecular weight excluding hydrogens is 290 g/mol. The number of benzene rings is 2. The largest absolute Gasteiger partial charge is 0.488 e. The minimum Gasteiger partial charge on any atom is -0.488 e. The number of hydrogen-bond donors (Lipinski definition) is 0. The number of amides is 1. The van der Waals surface area contributed by atoms with Gasteiger partial charge in [0.25, 0.3) is 0 Å². The molecule has 5 heteroatoms. The van der Waals surface area contributed by atoms with Crippen molar-refractivity contribution in [3.8, 4) is 5.75 Å². The lowest BCUT2D eigenvalue weighted by atomic mass is 10.2. The molecule has 3 rings (SSSR count). The number of hydrogen-bond acceptors (Lipinski definition) is 3. The van der Waals surface area contributed by atoms with E-state index in [1.807, 2.05) is 30.3 Å². The normalized spacial score (nSPS) is 13.3. The predicted octanol–water partition coefficient (Wildman–Crippen LogP) is 3.88. The predicted molar refractivity (Wildman–Crippen MR) is 80.9 cm³/mol. The quantitative estimate of drug-likeness (QED) is 0.845. The monoisotopic (exact) mass is 303 g/mol. The molecule has 21 heavy (non-hydrogen) atoms. The summed E-state index contributed by atoms with van der Waals surface area (Å²) in [5.74, 6) is 0.530. The first-order chi connectivity index (χ1) is 10.3.